The van der Waals surface area contributed by atoms with Crippen LogP contribution in [0.2, 0.25) is 0 Å². The minimum absolute atomic E-state index is 0.519. The molecule has 1 aliphatic heterocycles. The molecule has 70 valence electrons. The molecule has 0 spiro atoms. The molecule has 4 heteroatoms. The van der Waals surface area contributed by atoms with Crippen molar-refractivity contribution in [2.75, 3.05) is 12.3 Å². The van der Waals surface area contributed by atoms with Crippen LogP contribution >= 0.6 is 11.8 Å². The number of nitrogens with two attached hydrogens (primary N) is 1. The molecule has 2 atom stereocenters. The molecule has 1 heterocycles. The van der Waals surface area contributed by atoms with E-state index in [1.54, 1.807) is 0 Å². The van der Waals surface area contributed by atoms with Crippen molar-refractivity contribution in [1.29, 1.82) is 0 Å². The second kappa shape index (κ2) is 4.60. The Bertz CT molecular complexity index is 170. The third-order valence-electron chi connectivity index (χ3n) is 2.04. The van der Waals surface area contributed by atoms with Crippen LogP contribution in [0.3, 0.4) is 0 Å². The predicted octanol–water partition coefficient (Wildman–Crippen LogP) is 0.805. The van der Waals surface area contributed by atoms with Gasteiger partial charge in [0.1, 0.15) is 0 Å². The summed E-state index contributed by atoms with van der Waals surface area (Å²) in [4.78, 5) is 4.10. The summed E-state index contributed by atoms with van der Waals surface area (Å²) in [5.41, 5.74) is 5.66. The van der Waals surface area contributed by atoms with Crippen molar-refractivity contribution in [3.8, 4) is 0 Å². The topological polar surface area (TPSA) is 50.4 Å². The van der Waals surface area contributed by atoms with E-state index >= 15 is 0 Å². The van der Waals surface area contributed by atoms with Crippen molar-refractivity contribution in [1.82, 2.24) is 5.32 Å². The lowest BCUT2D eigenvalue weighted by Crippen LogP contribution is -2.42. The van der Waals surface area contributed by atoms with Gasteiger partial charge in [-0.2, -0.15) is 11.8 Å². The molecular weight excluding hydrogens is 170 g/mol. The molecule has 1 aliphatic rings. The highest BCUT2D eigenvalue weighted by atomic mass is 32.2. The summed E-state index contributed by atoms with van der Waals surface area (Å²) in [5, 5.41) is 3.90. The summed E-state index contributed by atoms with van der Waals surface area (Å²) < 4.78 is 0. The molecule has 0 aromatic rings. The minimum Gasteiger partial charge on any atom is -0.370 e. The maximum absolute atomic E-state index is 5.66. The first-order valence-electron chi connectivity index (χ1n) is 4.42. The highest BCUT2D eigenvalue weighted by molar-refractivity contribution is 8.00. The second-order valence-corrected chi connectivity index (χ2v) is 4.46. The zero-order valence-corrected chi connectivity index (χ0v) is 8.53. The van der Waals surface area contributed by atoms with Gasteiger partial charge in [-0.25, -0.2) is 0 Å². The Morgan fingerprint density at radius 1 is 1.75 bits per heavy atom. The Labute approximate surface area is 78.2 Å². The molecule has 1 rings (SSSR count). The highest BCUT2D eigenvalue weighted by Crippen LogP contribution is 2.25. The number of rotatable bonds is 2. The summed E-state index contributed by atoms with van der Waals surface area (Å²) in [5.74, 6) is 1.83. The van der Waals surface area contributed by atoms with Crippen molar-refractivity contribution in [2.45, 2.75) is 31.6 Å². The van der Waals surface area contributed by atoms with E-state index in [9.17, 15) is 0 Å². The predicted molar refractivity (Wildman–Crippen MR) is 55.6 cm³/mol. The van der Waals surface area contributed by atoms with Gasteiger partial charge >= 0.3 is 0 Å². The third kappa shape index (κ3) is 2.59. The van der Waals surface area contributed by atoms with Gasteiger partial charge in [-0.1, -0.05) is 6.92 Å². The number of nitrogens with one attached hydrogen (secondary N) is 1. The van der Waals surface area contributed by atoms with E-state index in [1.807, 2.05) is 18.7 Å². The minimum atomic E-state index is 0.519. The van der Waals surface area contributed by atoms with Gasteiger partial charge in [-0.05, 0) is 19.1 Å². The van der Waals surface area contributed by atoms with Gasteiger partial charge in [0.15, 0.2) is 5.96 Å². The zero-order valence-electron chi connectivity index (χ0n) is 7.71. The average molecular weight is 187 g/mol. The third-order valence-corrected chi connectivity index (χ3v) is 3.36. The molecule has 1 saturated heterocycles. The molecule has 0 radical (unpaired) electrons. The fourth-order valence-corrected chi connectivity index (χ4v) is 2.53. The van der Waals surface area contributed by atoms with E-state index in [0.29, 0.717) is 17.3 Å². The molecule has 2 unspecified atom stereocenters. The van der Waals surface area contributed by atoms with E-state index in [-0.39, 0.29) is 0 Å². The first-order chi connectivity index (χ1) is 5.74. The monoisotopic (exact) mass is 187 g/mol. The number of guanidine groups is 1. The van der Waals surface area contributed by atoms with Crippen LogP contribution in [0.1, 0.15) is 20.3 Å². The molecule has 0 aromatic carbocycles. The average Bonchev–Trinajstić information content (AvgIpc) is 2.37. The second-order valence-electron chi connectivity index (χ2n) is 2.97. The number of nitrogens with zero attached hydrogens (tertiary/aromatic N) is 1. The summed E-state index contributed by atoms with van der Waals surface area (Å²) >= 11 is 1.99. The van der Waals surface area contributed by atoms with Crippen LogP contribution in [0.15, 0.2) is 4.99 Å². The molecule has 0 bridgehead atoms. The maximum Gasteiger partial charge on any atom is 0.188 e. The lowest BCUT2D eigenvalue weighted by molar-refractivity contribution is 0.606. The molecule has 12 heavy (non-hydrogen) atoms. The van der Waals surface area contributed by atoms with Crippen molar-refractivity contribution in [2.24, 2.45) is 10.7 Å². The molecule has 0 saturated carbocycles. The van der Waals surface area contributed by atoms with E-state index in [4.69, 9.17) is 5.73 Å². The number of hydrogen-bond acceptors (Lipinski definition) is 2. The quantitative estimate of drug-likeness (QED) is 0.497. The van der Waals surface area contributed by atoms with E-state index in [2.05, 4.69) is 17.2 Å². The molecule has 3 nitrogen and oxygen atoms in total. The fraction of sp³-hybridized carbons (Fsp3) is 0.875. The van der Waals surface area contributed by atoms with Gasteiger partial charge in [0.05, 0.1) is 0 Å². The lowest BCUT2D eigenvalue weighted by Gasteiger charge is -2.16. The molecular formula is C8H17N3S. The Kier molecular flexibility index (Phi) is 3.72. The van der Waals surface area contributed by atoms with Crippen LogP contribution in [-0.2, 0) is 0 Å². The van der Waals surface area contributed by atoms with Crippen molar-refractivity contribution >= 4 is 17.7 Å². The Balaban J connectivity index is 2.34. The molecule has 0 aliphatic carbocycles. The van der Waals surface area contributed by atoms with Gasteiger partial charge in [0, 0.05) is 17.8 Å². The highest BCUT2D eigenvalue weighted by Gasteiger charge is 2.23. The Hall–Kier alpha value is -0.380. The summed E-state index contributed by atoms with van der Waals surface area (Å²) in [6, 6.07) is 0.519. The SMILES string of the molecule is CCN=C(N)NC1CCSC1C. The van der Waals surface area contributed by atoms with E-state index in [1.165, 1.54) is 12.2 Å². The van der Waals surface area contributed by atoms with Crippen molar-refractivity contribution < 1.29 is 0 Å². The largest absolute Gasteiger partial charge is 0.370 e. The van der Waals surface area contributed by atoms with Crippen LogP contribution in [0, 0.1) is 0 Å². The summed E-state index contributed by atoms with van der Waals surface area (Å²) in [6.45, 7) is 4.98. The van der Waals surface area contributed by atoms with Crippen LogP contribution in [-0.4, -0.2) is 29.5 Å². The lowest BCUT2D eigenvalue weighted by atomic mass is 10.2. The molecule has 1 fully saturated rings. The standard InChI is InChI=1S/C8H17N3S/c1-3-10-8(9)11-7-4-5-12-6(7)2/h6-7H,3-5H2,1-2H3,(H3,9,10,11). The Morgan fingerprint density at radius 3 is 3.00 bits per heavy atom. The summed E-state index contributed by atoms with van der Waals surface area (Å²) in [6.07, 6.45) is 1.20. The first-order valence-corrected chi connectivity index (χ1v) is 5.47. The van der Waals surface area contributed by atoms with Crippen LogP contribution in [0.5, 0.6) is 0 Å². The number of hydrogen-bond donors (Lipinski definition) is 2. The van der Waals surface area contributed by atoms with Crippen molar-refractivity contribution in [3.05, 3.63) is 0 Å². The first kappa shape index (κ1) is 9.71. The molecule has 0 amide bonds. The van der Waals surface area contributed by atoms with Crippen molar-refractivity contribution in [3.63, 3.8) is 0 Å². The number of aliphatic imine (C=N–C) groups is 1. The van der Waals surface area contributed by atoms with Gasteiger partial charge < -0.3 is 11.1 Å². The van der Waals surface area contributed by atoms with Crippen LogP contribution in [0.25, 0.3) is 0 Å². The van der Waals surface area contributed by atoms with Crippen LogP contribution < -0.4 is 11.1 Å². The maximum atomic E-state index is 5.66. The summed E-state index contributed by atoms with van der Waals surface area (Å²) in [7, 11) is 0. The van der Waals surface area contributed by atoms with Gasteiger partial charge in [-0.3, -0.25) is 4.99 Å². The smallest absolute Gasteiger partial charge is 0.188 e. The Morgan fingerprint density at radius 2 is 2.50 bits per heavy atom. The van der Waals surface area contributed by atoms with Gasteiger partial charge in [0.25, 0.3) is 0 Å². The number of thioether (sulfide) groups is 1. The van der Waals surface area contributed by atoms with Gasteiger partial charge in [0.2, 0.25) is 0 Å². The normalized spacial score (nSPS) is 30.7. The fourth-order valence-electron chi connectivity index (χ4n) is 1.33. The van der Waals surface area contributed by atoms with E-state index in [0.717, 1.165) is 6.54 Å². The van der Waals surface area contributed by atoms with Crippen LogP contribution in [0.4, 0.5) is 0 Å². The van der Waals surface area contributed by atoms with Gasteiger partial charge in [-0.15, -0.1) is 0 Å². The molecule has 3 N–H and O–H groups in total. The molecule has 0 aromatic heterocycles. The zero-order chi connectivity index (χ0) is 8.97. The van der Waals surface area contributed by atoms with E-state index < -0.39 is 0 Å².